The van der Waals surface area contributed by atoms with Crippen molar-refractivity contribution in [1.82, 2.24) is 15.5 Å². The normalized spacial score (nSPS) is 15.1. The molecular weight excluding hydrogens is 310 g/mol. The van der Waals surface area contributed by atoms with Crippen molar-refractivity contribution in [3.05, 3.63) is 12.2 Å². The van der Waals surface area contributed by atoms with Crippen molar-refractivity contribution in [3.63, 3.8) is 0 Å². The van der Waals surface area contributed by atoms with Gasteiger partial charge in [0.25, 0.3) is 11.8 Å². The Morgan fingerprint density at radius 2 is 1.71 bits per heavy atom. The monoisotopic (exact) mass is 337 g/mol. The van der Waals surface area contributed by atoms with Crippen LogP contribution >= 0.6 is 0 Å². The molecule has 1 aliphatic rings. The molecule has 4 amide bonds. The number of carbonyl (C=O) groups excluding carboxylic acids is 4. The van der Waals surface area contributed by atoms with Gasteiger partial charge in [-0.3, -0.25) is 24.1 Å². The highest BCUT2D eigenvalue weighted by Crippen LogP contribution is 2.08. The molecule has 0 saturated heterocycles. The van der Waals surface area contributed by atoms with Gasteiger partial charge in [-0.05, 0) is 25.7 Å². The lowest BCUT2D eigenvalue weighted by Gasteiger charge is -2.21. The highest BCUT2D eigenvalue weighted by Gasteiger charge is 2.24. The maximum absolute atomic E-state index is 12.0. The Morgan fingerprint density at radius 3 is 2.25 bits per heavy atom. The summed E-state index contributed by atoms with van der Waals surface area (Å²) < 4.78 is 0. The largest absolute Gasteiger partial charge is 0.355 e. The summed E-state index contributed by atoms with van der Waals surface area (Å²) in [6, 6.07) is -0.525. The summed E-state index contributed by atoms with van der Waals surface area (Å²) in [7, 11) is 0. The van der Waals surface area contributed by atoms with E-state index < -0.39 is 6.04 Å². The zero-order valence-corrected chi connectivity index (χ0v) is 14.6. The first-order chi connectivity index (χ1) is 11.4. The van der Waals surface area contributed by atoms with Gasteiger partial charge in [0.1, 0.15) is 6.04 Å². The van der Waals surface area contributed by atoms with Crippen molar-refractivity contribution in [2.75, 3.05) is 13.1 Å². The number of likely N-dealkylation sites (N-methyl/N-ethyl adjacent to an activating group) is 1. The molecule has 1 aliphatic heterocycles. The van der Waals surface area contributed by atoms with Gasteiger partial charge in [0.05, 0.1) is 0 Å². The summed E-state index contributed by atoms with van der Waals surface area (Å²) in [4.78, 5) is 47.8. The van der Waals surface area contributed by atoms with Crippen LogP contribution in [0.5, 0.6) is 0 Å². The van der Waals surface area contributed by atoms with Crippen LogP contribution in [0.4, 0.5) is 0 Å². The van der Waals surface area contributed by atoms with Crippen molar-refractivity contribution in [1.29, 1.82) is 0 Å². The SMILES string of the molecule is CCNC(=O)[C@@H](NC(=O)CCCCCN1C(=O)C=CC1=O)C(C)C. The number of rotatable bonds is 10. The van der Waals surface area contributed by atoms with Crippen LogP contribution in [0, 0.1) is 5.92 Å². The van der Waals surface area contributed by atoms with E-state index in [1.54, 1.807) is 0 Å². The molecule has 0 fully saturated rings. The Labute approximate surface area is 142 Å². The van der Waals surface area contributed by atoms with Gasteiger partial charge in [-0.25, -0.2) is 0 Å². The number of nitrogens with one attached hydrogen (secondary N) is 2. The van der Waals surface area contributed by atoms with Crippen molar-refractivity contribution < 1.29 is 19.2 Å². The van der Waals surface area contributed by atoms with Gasteiger partial charge < -0.3 is 10.6 Å². The second-order valence-corrected chi connectivity index (χ2v) is 6.16. The Morgan fingerprint density at radius 1 is 1.08 bits per heavy atom. The van der Waals surface area contributed by atoms with Crippen molar-refractivity contribution >= 4 is 23.6 Å². The minimum atomic E-state index is -0.525. The molecule has 134 valence electrons. The van der Waals surface area contributed by atoms with E-state index in [1.165, 1.54) is 17.1 Å². The van der Waals surface area contributed by atoms with Gasteiger partial charge in [-0.15, -0.1) is 0 Å². The number of nitrogens with zero attached hydrogens (tertiary/aromatic N) is 1. The quantitative estimate of drug-likeness (QED) is 0.454. The molecule has 1 atom stereocenters. The van der Waals surface area contributed by atoms with Crippen LogP contribution in [-0.4, -0.2) is 47.7 Å². The summed E-state index contributed by atoms with van der Waals surface area (Å²) in [5, 5.41) is 5.49. The van der Waals surface area contributed by atoms with Crippen molar-refractivity contribution in [3.8, 4) is 0 Å². The molecule has 0 aromatic rings. The van der Waals surface area contributed by atoms with Crippen LogP contribution in [-0.2, 0) is 19.2 Å². The minimum Gasteiger partial charge on any atom is -0.355 e. The predicted octanol–water partition coefficient (Wildman–Crippen LogP) is 0.749. The van der Waals surface area contributed by atoms with E-state index in [-0.39, 0.29) is 29.5 Å². The maximum Gasteiger partial charge on any atom is 0.253 e. The molecule has 0 spiro atoms. The molecule has 0 aromatic heterocycles. The Balaban J connectivity index is 2.24. The first-order valence-corrected chi connectivity index (χ1v) is 8.47. The molecule has 0 bridgehead atoms. The molecule has 0 saturated carbocycles. The van der Waals surface area contributed by atoms with Crippen LogP contribution in [0.15, 0.2) is 12.2 Å². The van der Waals surface area contributed by atoms with Crippen LogP contribution < -0.4 is 10.6 Å². The van der Waals surface area contributed by atoms with Crippen LogP contribution in [0.1, 0.15) is 46.5 Å². The Hall–Kier alpha value is -2.18. The Kier molecular flexibility index (Phi) is 8.15. The molecule has 0 radical (unpaired) electrons. The number of carbonyl (C=O) groups is 4. The van der Waals surface area contributed by atoms with E-state index in [4.69, 9.17) is 0 Å². The van der Waals surface area contributed by atoms with E-state index in [2.05, 4.69) is 10.6 Å². The highest BCUT2D eigenvalue weighted by molar-refractivity contribution is 6.12. The fourth-order valence-electron chi connectivity index (χ4n) is 2.45. The molecule has 2 N–H and O–H groups in total. The smallest absolute Gasteiger partial charge is 0.253 e. The molecule has 7 heteroatoms. The standard InChI is InChI=1S/C17H27N3O4/c1-4-18-17(24)16(12(2)3)19-13(21)8-6-5-7-11-20-14(22)9-10-15(20)23/h9-10,12,16H,4-8,11H2,1-3H3,(H,18,24)(H,19,21)/t16-/m0/s1. The fourth-order valence-corrected chi connectivity index (χ4v) is 2.45. The third-order valence-electron chi connectivity index (χ3n) is 3.80. The average molecular weight is 337 g/mol. The van der Waals surface area contributed by atoms with E-state index in [9.17, 15) is 19.2 Å². The topological polar surface area (TPSA) is 95.6 Å². The first-order valence-electron chi connectivity index (χ1n) is 8.47. The van der Waals surface area contributed by atoms with Gasteiger partial charge in [0.2, 0.25) is 11.8 Å². The molecule has 0 aliphatic carbocycles. The van der Waals surface area contributed by atoms with E-state index in [0.717, 1.165) is 6.42 Å². The average Bonchev–Trinajstić information content (AvgIpc) is 2.83. The number of hydrogen-bond donors (Lipinski definition) is 2. The van der Waals surface area contributed by atoms with Gasteiger partial charge in [0.15, 0.2) is 0 Å². The lowest BCUT2D eigenvalue weighted by Crippen LogP contribution is -2.49. The molecule has 7 nitrogen and oxygen atoms in total. The zero-order valence-electron chi connectivity index (χ0n) is 14.6. The van der Waals surface area contributed by atoms with Crippen molar-refractivity contribution in [2.24, 2.45) is 5.92 Å². The predicted molar refractivity (Wildman–Crippen MR) is 89.8 cm³/mol. The molecule has 1 heterocycles. The molecule has 1 rings (SSSR count). The lowest BCUT2D eigenvalue weighted by atomic mass is 10.0. The second-order valence-electron chi connectivity index (χ2n) is 6.16. The van der Waals surface area contributed by atoms with E-state index in [0.29, 0.717) is 32.4 Å². The van der Waals surface area contributed by atoms with Crippen LogP contribution in [0.25, 0.3) is 0 Å². The Bertz CT molecular complexity index is 496. The van der Waals surface area contributed by atoms with Gasteiger partial charge >= 0.3 is 0 Å². The second kappa shape index (κ2) is 9.85. The maximum atomic E-state index is 12.0. The van der Waals surface area contributed by atoms with Crippen LogP contribution in [0.3, 0.4) is 0 Å². The number of unbranched alkanes of at least 4 members (excludes halogenated alkanes) is 2. The first kappa shape index (κ1) is 19.9. The van der Waals surface area contributed by atoms with Crippen molar-refractivity contribution in [2.45, 2.75) is 52.5 Å². The third-order valence-corrected chi connectivity index (χ3v) is 3.80. The van der Waals surface area contributed by atoms with Gasteiger partial charge in [0, 0.05) is 31.7 Å². The number of imide groups is 1. The van der Waals surface area contributed by atoms with Crippen LogP contribution in [0.2, 0.25) is 0 Å². The summed E-state index contributed by atoms with van der Waals surface area (Å²) in [5.41, 5.74) is 0. The number of amides is 4. The van der Waals surface area contributed by atoms with Gasteiger partial charge in [-0.2, -0.15) is 0 Å². The molecular formula is C17H27N3O4. The van der Waals surface area contributed by atoms with E-state index >= 15 is 0 Å². The number of hydrogen-bond acceptors (Lipinski definition) is 4. The summed E-state index contributed by atoms with van der Waals surface area (Å²) >= 11 is 0. The van der Waals surface area contributed by atoms with E-state index in [1.807, 2.05) is 20.8 Å². The molecule has 0 unspecified atom stereocenters. The lowest BCUT2D eigenvalue weighted by molar-refractivity contribution is -0.137. The highest BCUT2D eigenvalue weighted by atomic mass is 16.2. The molecule has 0 aromatic carbocycles. The fraction of sp³-hybridized carbons (Fsp3) is 0.647. The summed E-state index contributed by atoms with van der Waals surface area (Å²) in [6.07, 6.45) is 4.90. The van der Waals surface area contributed by atoms with Gasteiger partial charge in [-0.1, -0.05) is 20.3 Å². The third kappa shape index (κ3) is 6.14. The summed E-state index contributed by atoms with van der Waals surface area (Å²) in [6.45, 7) is 6.51. The summed E-state index contributed by atoms with van der Waals surface area (Å²) in [5.74, 6) is -0.867. The molecule has 24 heavy (non-hydrogen) atoms. The minimum absolute atomic E-state index is 0.0141. The zero-order chi connectivity index (χ0) is 18.1.